The Kier molecular flexibility index (Phi) is 5.25. The van der Waals surface area contributed by atoms with Crippen molar-refractivity contribution in [3.8, 4) is 0 Å². The van der Waals surface area contributed by atoms with Crippen LogP contribution in [0, 0.1) is 12.7 Å². The summed E-state index contributed by atoms with van der Waals surface area (Å²) in [5.74, 6) is -0.710. The molecule has 2 aromatic rings. The number of halogens is 1. The molecule has 0 aliphatic heterocycles. The zero-order valence-corrected chi connectivity index (χ0v) is 12.4. The lowest BCUT2D eigenvalue weighted by atomic mass is 10.1. The van der Waals surface area contributed by atoms with Gasteiger partial charge < -0.3 is 10.2 Å². The molecule has 22 heavy (non-hydrogen) atoms. The van der Waals surface area contributed by atoms with Gasteiger partial charge in [-0.25, -0.2) is 4.39 Å². The maximum absolute atomic E-state index is 12.8. The first-order valence-electron chi connectivity index (χ1n) is 6.87. The smallest absolute Gasteiger partial charge is 0.267 e. The predicted octanol–water partition coefficient (Wildman–Crippen LogP) is 3.51. The summed E-state index contributed by atoms with van der Waals surface area (Å²) in [4.78, 5) is 17.0. The Balaban J connectivity index is 1.89. The molecule has 0 heterocycles. The number of anilines is 1. The molecule has 114 valence electrons. The van der Waals surface area contributed by atoms with Crippen LogP contribution in [-0.4, -0.2) is 18.2 Å². The van der Waals surface area contributed by atoms with E-state index in [-0.39, 0.29) is 11.7 Å². The second-order valence-electron chi connectivity index (χ2n) is 4.83. The lowest BCUT2D eigenvalue weighted by Gasteiger charge is -2.10. The van der Waals surface area contributed by atoms with E-state index >= 15 is 0 Å². The number of amides is 1. The summed E-state index contributed by atoms with van der Waals surface area (Å²) < 4.78 is 12.8. The monoisotopic (exact) mass is 300 g/mol. The zero-order chi connectivity index (χ0) is 15.9. The average molecular weight is 300 g/mol. The minimum absolute atomic E-state index is 0.353. The molecule has 1 amide bonds. The van der Waals surface area contributed by atoms with Crippen LogP contribution in [0.15, 0.2) is 53.7 Å². The third-order valence-corrected chi connectivity index (χ3v) is 3.08. The van der Waals surface area contributed by atoms with Crippen molar-refractivity contribution in [1.29, 1.82) is 0 Å². The number of carbonyl (C=O) groups is 1. The van der Waals surface area contributed by atoms with Crippen molar-refractivity contribution in [3.63, 3.8) is 0 Å². The number of carbonyl (C=O) groups excluding carboxylic acids is 1. The fourth-order valence-electron chi connectivity index (χ4n) is 1.74. The van der Waals surface area contributed by atoms with E-state index in [0.29, 0.717) is 5.69 Å². The molecule has 0 saturated heterocycles. The van der Waals surface area contributed by atoms with Crippen molar-refractivity contribution >= 4 is 17.8 Å². The molecule has 0 fully saturated rings. The predicted molar refractivity (Wildman–Crippen MR) is 84.3 cm³/mol. The van der Waals surface area contributed by atoms with Crippen molar-refractivity contribution in [2.45, 2.75) is 20.0 Å². The van der Waals surface area contributed by atoms with Crippen LogP contribution in [0.5, 0.6) is 0 Å². The van der Waals surface area contributed by atoms with E-state index in [1.54, 1.807) is 13.1 Å². The first-order chi connectivity index (χ1) is 10.6. The van der Waals surface area contributed by atoms with Crippen LogP contribution >= 0.6 is 0 Å². The highest BCUT2D eigenvalue weighted by molar-refractivity contribution is 5.93. The fraction of sp³-hybridized carbons (Fsp3) is 0.176. The molecule has 1 atom stereocenters. The SMILES string of the molecule is Cc1ccccc1/C=N/OC(C)C(=O)Nc1ccc(F)cc1. The van der Waals surface area contributed by atoms with Gasteiger partial charge in [0.15, 0.2) is 0 Å². The van der Waals surface area contributed by atoms with Gasteiger partial charge in [-0.1, -0.05) is 29.4 Å². The summed E-state index contributed by atoms with van der Waals surface area (Å²) in [6.45, 7) is 3.56. The lowest BCUT2D eigenvalue weighted by molar-refractivity contribution is -0.126. The third kappa shape index (κ3) is 4.41. The number of rotatable bonds is 5. The third-order valence-electron chi connectivity index (χ3n) is 3.08. The molecular weight excluding hydrogens is 283 g/mol. The Bertz CT molecular complexity index is 669. The highest BCUT2D eigenvalue weighted by atomic mass is 19.1. The summed E-state index contributed by atoms with van der Waals surface area (Å²) in [6.07, 6.45) is 0.808. The molecule has 1 N–H and O–H groups in total. The number of hydrogen-bond donors (Lipinski definition) is 1. The second kappa shape index (κ2) is 7.36. The number of benzene rings is 2. The van der Waals surface area contributed by atoms with Crippen LogP contribution in [-0.2, 0) is 9.63 Å². The van der Waals surface area contributed by atoms with E-state index in [4.69, 9.17) is 4.84 Å². The minimum atomic E-state index is -0.759. The normalized spacial score (nSPS) is 12.1. The van der Waals surface area contributed by atoms with E-state index in [1.807, 2.05) is 31.2 Å². The van der Waals surface area contributed by atoms with Gasteiger partial charge in [-0.05, 0) is 49.2 Å². The van der Waals surface area contributed by atoms with Crippen molar-refractivity contribution in [2.75, 3.05) is 5.32 Å². The van der Waals surface area contributed by atoms with Crippen LogP contribution < -0.4 is 5.32 Å². The van der Waals surface area contributed by atoms with Gasteiger partial charge in [-0.3, -0.25) is 4.79 Å². The first kappa shape index (κ1) is 15.7. The Hall–Kier alpha value is -2.69. The summed E-state index contributed by atoms with van der Waals surface area (Å²) in [5.41, 5.74) is 2.50. The van der Waals surface area contributed by atoms with Gasteiger partial charge in [0, 0.05) is 5.69 Å². The van der Waals surface area contributed by atoms with Crippen LogP contribution in [0.25, 0.3) is 0 Å². The van der Waals surface area contributed by atoms with Crippen molar-refractivity contribution in [2.24, 2.45) is 5.16 Å². The van der Waals surface area contributed by atoms with Crippen molar-refractivity contribution < 1.29 is 14.0 Å². The summed E-state index contributed by atoms with van der Waals surface area (Å²) in [6, 6.07) is 13.2. The van der Waals surface area contributed by atoms with Gasteiger partial charge in [0.2, 0.25) is 6.10 Å². The maximum Gasteiger partial charge on any atom is 0.267 e. The second-order valence-corrected chi connectivity index (χ2v) is 4.83. The van der Waals surface area contributed by atoms with E-state index in [0.717, 1.165) is 11.1 Å². The van der Waals surface area contributed by atoms with Crippen LogP contribution in [0.2, 0.25) is 0 Å². The maximum atomic E-state index is 12.8. The average Bonchev–Trinajstić information content (AvgIpc) is 2.51. The standard InChI is InChI=1S/C17H17FN2O2/c1-12-5-3-4-6-14(12)11-19-22-13(2)17(21)20-16-9-7-15(18)8-10-16/h3-11,13H,1-2H3,(H,20,21)/b19-11+. The Morgan fingerprint density at radius 1 is 1.23 bits per heavy atom. The van der Waals surface area contributed by atoms with Gasteiger partial charge in [0.25, 0.3) is 5.91 Å². The molecule has 5 heteroatoms. The first-order valence-corrected chi connectivity index (χ1v) is 6.87. The van der Waals surface area contributed by atoms with E-state index in [9.17, 15) is 9.18 Å². The number of nitrogens with one attached hydrogen (secondary N) is 1. The van der Waals surface area contributed by atoms with Gasteiger partial charge >= 0.3 is 0 Å². The molecule has 0 saturated carbocycles. The number of nitrogens with zero attached hydrogens (tertiary/aromatic N) is 1. The Morgan fingerprint density at radius 3 is 2.59 bits per heavy atom. The largest absolute Gasteiger partial charge is 0.383 e. The summed E-state index contributed by atoms with van der Waals surface area (Å²) in [5, 5.41) is 6.46. The molecular formula is C17H17FN2O2. The fourth-order valence-corrected chi connectivity index (χ4v) is 1.74. The molecule has 0 aliphatic carbocycles. The van der Waals surface area contributed by atoms with Crippen molar-refractivity contribution in [3.05, 3.63) is 65.5 Å². The van der Waals surface area contributed by atoms with Crippen LogP contribution in [0.1, 0.15) is 18.1 Å². The van der Waals surface area contributed by atoms with E-state index in [1.165, 1.54) is 24.3 Å². The van der Waals surface area contributed by atoms with E-state index in [2.05, 4.69) is 10.5 Å². The topological polar surface area (TPSA) is 50.7 Å². The molecule has 0 aromatic heterocycles. The minimum Gasteiger partial charge on any atom is -0.383 e. The molecule has 2 rings (SSSR count). The highest BCUT2D eigenvalue weighted by Gasteiger charge is 2.14. The lowest BCUT2D eigenvalue weighted by Crippen LogP contribution is -2.26. The van der Waals surface area contributed by atoms with Gasteiger partial charge in [-0.15, -0.1) is 0 Å². The Labute approximate surface area is 128 Å². The summed E-state index contributed by atoms with van der Waals surface area (Å²) >= 11 is 0. The molecule has 0 aliphatic rings. The molecule has 1 unspecified atom stereocenters. The summed E-state index contributed by atoms with van der Waals surface area (Å²) in [7, 11) is 0. The molecule has 2 aromatic carbocycles. The van der Waals surface area contributed by atoms with Gasteiger partial charge in [0.05, 0.1) is 6.21 Å². The van der Waals surface area contributed by atoms with E-state index < -0.39 is 6.10 Å². The number of oxime groups is 1. The number of aryl methyl sites for hydroxylation is 1. The molecule has 0 spiro atoms. The number of hydrogen-bond acceptors (Lipinski definition) is 3. The van der Waals surface area contributed by atoms with Crippen molar-refractivity contribution in [1.82, 2.24) is 0 Å². The molecule has 0 bridgehead atoms. The van der Waals surface area contributed by atoms with Crippen LogP contribution in [0.3, 0.4) is 0 Å². The molecule has 4 nitrogen and oxygen atoms in total. The van der Waals surface area contributed by atoms with Crippen LogP contribution in [0.4, 0.5) is 10.1 Å². The molecule has 0 radical (unpaired) electrons. The van der Waals surface area contributed by atoms with Gasteiger partial charge in [-0.2, -0.15) is 0 Å². The zero-order valence-electron chi connectivity index (χ0n) is 12.4. The quantitative estimate of drug-likeness (QED) is 0.678. The van der Waals surface area contributed by atoms with Gasteiger partial charge in [0.1, 0.15) is 5.82 Å². The Morgan fingerprint density at radius 2 is 1.91 bits per heavy atom. The highest BCUT2D eigenvalue weighted by Crippen LogP contribution is 2.09.